The quantitative estimate of drug-likeness (QED) is 0.310. The number of aliphatic hydroxyl groups is 1. The van der Waals surface area contributed by atoms with Crippen LogP contribution < -0.4 is 10.1 Å². The number of methoxy groups -OCH3 is 2. The van der Waals surface area contributed by atoms with Crippen LogP contribution >= 0.6 is 11.3 Å². The van der Waals surface area contributed by atoms with E-state index in [1.54, 1.807) is 0 Å². The average molecular weight is 576 g/mol. The van der Waals surface area contributed by atoms with Crippen molar-refractivity contribution in [1.29, 1.82) is 0 Å². The highest BCUT2D eigenvalue weighted by Crippen LogP contribution is 2.44. The van der Waals surface area contributed by atoms with Gasteiger partial charge >= 0.3 is 11.9 Å². The lowest BCUT2D eigenvalue weighted by Crippen LogP contribution is -2.35. The summed E-state index contributed by atoms with van der Waals surface area (Å²) in [5, 5.41) is 13.2. The van der Waals surface area contributed by atoms with Gasteiger partial charge in [0.1, 0.15) is 12.4 Å². The molecule has 0 saturated carbocycles. The molecule has 0 radical (unpaired) electrons. The molecule has 9 heteroatoms. The summed E-state index contributed by atoms with van der Waals surface area (Å²) in [6.07, 6.45) is 0.896. The van der Waals surface area contributed by atoms with Crippen molar-refractivity contribution in [3.8, 4) is 5.75 Å². The molecule has 0 bridgehead atoms. The maximum Gasteiger partial charge on any atom is 0.311 e. The van der Waals surface area contributed by atoms with Crippen molar-refractivity contribution < 1.29 is 33.7 Å². The van der Waals surface area contributed by atoms with Crippen molar-refractivity contribution >= 4 is 29.2 Å². The van der Waals surface area contributed by atoms with E-state index in [-0.39, 0.29) is 36.3 Å². The van der Waals surface area contributed by atoms with Gasteiger partial charge < -0.3 is 24.6 Å². The van der Waals surface area contributed by atoms with Gasteiger partial charge in [0.15, 0.2) is 0 Å². The Morgan fingerprint density at radius 1 is 1.00 bits per heavy atom. The van der Waals surface area contributed by atoms with Gasteiger partial charge in [-0.05, 0) is 60.9 Å². The summed E-state index contributed by atoms with van der Waals surface area (Å²) in [5.74, 6) is -1.53. The van der Waals surface area contributed by atoms with Crippen molar-refractivity contribution in [1.82, 2.24) is 5.32 Å². The number of nitrogens with one attached hydrogen (secondary N) is 1. The maximum absolute atomic E-state index is 13.2. The molecule has 1 aromatic carbocycles. The van der Waals surface area contributed by atoms with Crippen LogP contribution in [0.2, 0.25) is 0 Å². The Bertz CT molecular complexity index is 1180. The van der Waals surface area contributed by atoms with E-state index in [2.05, 4.69) is 42.1 Å². The van der Waals surface area contributed by atoms with Crippen LogP contribution in [0.4, 0.5) is 0 Å². The Hall–Kier alpha value is -2.91. The summed E-state index contributed by atoms with van der Waals surface area (Å²) in [5.41, 5.74) is 2.39. The number of hydrogen-bond donors (Lipinski definition) is 2. The number of ether oxygens (including phenoxy) is 3. The molecule has 1 amide bonds. The molecule has 2 atom stereocenters. The molecule has 222 valence electrons. The SMILES string of the molecule is CCC(CC)(c1ccc(OCC(O)C(C)(C)C)c(C)c1)c1cc(C)c(C(=O)NC[C@@H](CC(=O)OC)C(=O)OC)s1. The lowest BCUT2D eigenvalue weighted by molar-refractivity contribution is -0.151. The van der Waals surface area contributed by atoms with Gasteiger partial charge in [-0.25, -0.2) is 0 Å². The van der Waals surface area contributed by atoms with E-state index in [4.69, 9.17) is 9.47 Å². The fourth-order valence-corrected chi connectivity index (χ4v) is 6.05. The molecule has 0 saturated heterocycles. The standard InChI is InChI=1S/C31H45NO7S/c1-10-31(11-2,22-12-13-23(19(3)14-22)39-18-24(33)30(5,6)7)25-15-20(4)27(40-25)28(35)32-17-21(29(36)38-9)16-26(34)37-8/h12-15,21,24,33H,10-11,16-18H2,1-9H3,(H,32,35)/t21-,24?/m1/s1. The normalized spacial score (nSPS) is 13.3. The van der Waals surface area contributed by atoms with E-state index in [0.717, 1.165) is 40.2 Å². The third kappa shape index (κ3) is 7.85. The molecule has 0 spiro atoms. The van der Waals surface area contributed by atoms with Gasteiger partial charge in [0.25, 0.3) is 5.91 Å². The topological polar surface area (TPSA) is 111 Å². The van der Waals surface area contributed by atoms with Crippen LogP contribution in [0.25, 0.3) is 0 Å². The van der Waals surface area contributed by atoms with Crippen molar-refractivity contribution in [2.24, 2.45) is 11.3 Å². The Balaban J connectivity index is 2.30. The van der Waals surface area contributed by atoms with Crippen molar-refractivity contribution in [3.63, 3.8) is 0 Å². The Morgan fingerprint density at radius 2 is 1.65 bits per heavy atom. The highest BCUT2D eigenvalue weighted by Gasteiger charge is 2.34. The van der Waals surface area contributed by atoms with Crippen LogP contribution in [0.5, 0.6) is 5.75 Å². The minimum Gasteiger partial charge on any atom is -0.491 e. The number of rotatable bonds is 13. The second-order valence-electron chi connectivity index (χ2n) is 11.3. The lowest BCUT2D eigenvalue weighted by Gasteiger charge is -2.32. The zero-order chi connectivity index (χ0) is 30.3. The van der Waals surface area contributed by atoms with Crippen molar-refractivity contribution in [2.75, 3.05) is 27.4 Å². The Labute approximate surface area is 242 Å². The molecular weight excluding hydrogens is 530 g/mol. The first-order chi connectivity index (χ1) is 18.7. The predicted octanol–water partition coefficient (Wildman–Crippen LogP) is 5.34. The number of thiophene rings is 1. The smallest absolute Gasteiger partial charge is 0.311 e. The minimum atomic E-state index is -0.834. The third-order valence-corrected chi connectivity index (χ3v) is 9.05. The van der Waals surface area contributed by atoms with Gasteiger partial charge in [-0.1, -0.05) is 46.8 Å². The summed E-state index contributed by atoms with van der Waals surface area (Å²) in [4.78, 5) is 38.7. The van der Waals surface area contributed by atoms with Gasteiger partial charge in [-0.15, -0.1) is 11.3 Å². The molecule has 1 unspecified atom stereocenters. The molecule has 2 aromatic rings. The summed E-state index contributed by atoms with van der Waals surface area (Å²) < 4.78 is 15.4. The summed E-state index contributed by atoms with van der Waals surface area (Å²) in [6.45, 7) is 14.3. The Kier molecular flexibility index (Phi) is 11.8. The number of esters is 2. The maximum atomic E-state index is 13.2. The molecule has 40 heavy (non-hydrogen) atoms. The van der Waals surface area contributed by atoms with Crippen LogP contribution in [-0.4, -0.2) is 56.4 Å². The predicted molar refractivity (Wildman–Crippen MR) is 157 cm³/mol. The number of aliphatic hydroxyl groups excluding tert-OH is 1. The first kappa shape index (κ1) is 33.3. The minimum absolute atomic E-state index is 0.0372. The van der Waals surface area contributed by atoms with Gasteiger partial charge in [0.2, 0.25) is 0 Å². The number of amides is 1. The Morgan fingerprint density at radius 3 is 2.17 bits per heavy atom. The molecule has 0 fully saturated rings. The molecule has 0 aliphatic rings. The first-order valence-corrected chi connectivity index (χ1v) is 14.5. The zero-order valence-electron chi connectivity index (χ0n) is 25.3. The molecule has 0 aliphatic heterocycles. The van der Waals surface area contributed by atoms with Crippen LogP contribution in [0.3, 0.4) is 0 Å². The number of aryl methyl sites for hydroxylation is 2. The van der Waals surface area contributed by atoms with Crippen LogP contribution in [0.1, 0.15) is 85.1 Å². The highest BCUT2D eigenvalue weighted by atomic mass is 32.1. The summed E-state index contributed by atoms with van der Waals surface area (Å²) in [6, 6.07) is 8.23. The van der Waals surface area contributed by atoms with E-state index < -0.39 is 24.0 Å². The average Bonchev–Trinajstić information content (AvgIpc) is 3.31. The van der Waals surface area contributed by atoms with Crippen LogP contribution in [0, 0.1) is 25.2 Å². The van der Waals surface area contributed by atoms with E-state index >= 15 is 0 Å². The fourth-order valence-electron chi connectivity index (χ4n) is 4.61. The van der Waals surface area contributed by atoms with Crippen LogP contribution in [-0.2, 0) is 24.5 Å². The van der Waals surface area contributed by atoms with E-state index in [1.165, 1.54) is 25.6 Å². The fraction of sp³-hybridized carbons (Fsp3) is 0.581. The molecular formula is C31H45NO7S. The van der Waals surface area contributed by atoms with Crippen molar-refractivity contribution in [3.05, 3.63) is 50.7 Å². The highest BCUT2D eigenvalue weighted by molar-refractivity contribution is 7.14. The molecule has 1 heterocycles. The molecule has 8 nitrogen and oxygen atoms in total. The molecule has 2 rings (SSSR count). The molecule has 1 aromatic heterocycles. The van der Waals surface area contributed by atoms with E-state index in [9.17, 15) is 19.5 Å². The number of hydrogen-bond acceptors (Lipinski definition) is 8. The van der Waals surface area contributed by atoms with Gasteiger partial charge in [0, 0.05) is 16.8 Å². The van der Waals surface area contributed by atoms with Crippen molar-refractivity contribution in [2.45, 2.75) is 79.2 Å². The monoisotopic (exact) mass is 575 g/mol. The molecule has 2 N–H and O–H groups in total. The number of carbonyl (C=O) groups excluding carboxylic acids is 3. The first-order valence-electron chi connectivity index (χ1n) is 13.7. The lowest BCUT2D eigenvalue weighted by atomic mass is 9.74. The van der Waals surface area contributed by atoms with Gasteiger partial charge in [-0.2, -0.15) is 0 Å². The largest absolute Gasteiger partial charge is 0.491 e. The number of carbonyl (C=O) groups is 3. The zero-order valence-corrected chi connectivity index (χ0v) is 26.1. The van der Waals surface area contributed by atoms with Gasteiger partial charge in [0.05, 0.1) is 37.5 Å². The second kappa shape index (κ2) is 14.1. The molecule has 0 aliphatic carbocycles. The second-order valence-corrected chi connectivity index (χ2v) is 12.3. The van der Waals surface area contributed by atoms with E-state index in [1.807, 2.05) is 40.7 Å². The van der Waals surface area contributed by atoms with E-state index in [0.29, 0.717) is 4.88 Å². The van der Waals surface area contributed by atoms with Gasteiger partial charge in [-0.3, -0.25) is 14.4 Å². The third-order valence-electron chi connectivity index (χ3n) is 7.61. The number of benzene rings is 1. The summed E-state index contributed by atoms with van der Waals surface area (Å²) >= 11 is 1.45. The summed E-state index contributed by atoms with van der Waals surface area (Å²) in [7, 11) is 2.49. The van der Waals surface area contributed by atoms with Crippen LogP contribution in [0.15, 0.2) is 24.3 Å².